The van der Waals surface area contributed by atoms with Crippen molar-refractivity contribution < 1.29 is 4.79 Å². The molecule has 0 aliphatic rings. The molecule has 1 amide bonds. The lowest BCUT2D eigenvalue weighted by atomic mass is 10.1. The third kappa shape index (κ3) is 5.25. The van der Waals surface area contributed by atoms with Gasteiger partial charge in [0.25, 0.3) is 5.91 Å². The number of benzene rings is 1. The van der Waals surface area contributed by atoms with E-state index < -0.39 is 0 Å². The van der Waals surface area contributed by atoms with Crippen molar-refractivity contribution in [3.8, 4) is 11.3 Å². The molecular weight excluding hydrogens is 341 g/mol. The summed E-state index contributed by atoms with van der Waals surface area (Å²) in [6.07, 6.45) is 0. The summed E-state index contributed by atoms with van der Waals surface area (Å²) >= 11 is 1.43. The molecule has 0 saturated heterocycles. The van der Waals surface area contributed by atoms with Gasteiger partial charge in [0.1, 0.15) is 4.88 Å². The van der Waals surface area contributed by atoms with E-state index in [4.69, 9.17) is 0 Å². The van der Waals surface area contributed by atoms with Gasteiger partial charge in [-0.05, 0) is 20.9 Å². The van der Waals surface area contributed by atoms with Crippen LogP contribution in [0.4, 0.5) is 0 Å². The number of hydrogen-bond donors (Lipinski definition) is 2. The molecule has 0 saturated carbocycles. The molecule has 1 atom stereocenters. The first-order chi connectivity index (χ1) is 9.61. The number of nitrogens with one attached hydrogen (secondary N) is 2. The molecule has 1 heterocycles. The third-order valence-corrected chi connectivity index (χ3v) is 4.02. The van der Waals surface area contributed by atoms with E-state index in [9.17, 15) is 4.79 Å². The van der Waals surface area contributed by atoms with Crippen LogP contribution in [0.3, 0.4) is 0 Å². The van der Waals surface area contributed by atoms with E-state index in [0.29, 0.717) is 11.4 Å². The molecule has 1 aromatic heterocycles. The van der Waals surface area contributed by atoms with Crippen molar-refractivity contribution in [3.05, 3.63) is 40.2 Å². The van der Waals surface area contributed by atoms with Crippen LogP contribution in [0.5, 0.6) is 0 Å². The van der Waals surface area contributed by atoms with Gasteiger partial charge in [-0.3, -0.25) is 4.79 Å². The Bertz CT molecular complexity index is 590. The molecule has 0 radical (unpaired) electrons. The van der Waals surface area contributed by atoms with E-state index >= 15 is 0 Å². The Morgan fingerprint density at radius 3 is 2.50 bits per heavy atom. The maximum absolute atomic E-state index is 12.3. The zero-order valence-electron chi connectivity index (χ0n) is 12.8. The highest BCUT2D eigenvalue weighted by atomic mass is 35.5. The van der Waals surface area contributed by atoms with Gasteiger partial charge in [-0.1, -0.05) is 30.3 Å². The molecule has 1 unspecified atom stereocenters. The van der Waals surface area contributed by atoms with Crippen molar-refractivity contribution in [1.82, 2.24) is 15.6 Å². The summed E-state index contributed by atoms with van der Waals surface area (Å²) in [5.41, 5.74) is 1.74. The molecule has 0 spiro atoms. The minimum Gasteiger partial charge on any atom is -0.350 e. The van der Waals surface area contributed by atoms with Gasteiger partial charge in [-0.15, -0.1) is 36.2 Å². The van der Waals surface area contributed by atoms with Crippen LogP contribution in [0.1, 0.15) is 21.6 Å². The van der Waals surface area contributed by atoms with Crippen LogP contribution in [0.25, 0.3) is 11.3 Å². The van der Waals surface area contributed by atoms with E-state index in [-0.39, 0.29) is 36.8 Å². The Morgan fingerprint density at radius 2 is 1.91 bits per heavy atom. The average Bonchev–Trinajstić information content (AvgIpc) is 2.87. The fourth-order valence-electron chi connectivity index (χ4n) is 1.80. The number of carbonyl (C=O) groups is 1. The minimum absolute atomic E-state index is 0. The van der Waals surface area contributed by atoms with Gasteiger partial charge in [-0.25, -0.2) is 4.98 Å². The van der Waals surface area contributed by atoms with Crippen molar-refractivity contribution in [2.75, 3.05) is 13.6 Å². The Balaban J connectivity index is 0.00000220. The van der Waals surface area contributed by atoms with Crippen LogP contribution in [0, 0.1) is 6.92 Å². The van der Waals surface area contributed by atoms with E-state index in [1.165, 1.54) is 11.3 Å². The number of halogens is 2. The first-order valence-electron chi connectivity index (χ1n) is 6.60. The Labute approximate surface area is 147 Å². The molecule has 122 valence electrons. The Morgan fingerprint density at radius 1 is 1.27 bits per heavy atom. The van der Waals surface area contributed by atoms with E-state index in [0.717, 1.165) is 16.3 Å². The van der Waals surface area contributed by atoms with Gasteiger partial charge in [0.2, 0.25) is 0 Å². The fraction of sp³-hybridized carbons (Fsp3) is 0.333. The highest BCUT2D eigenvalue weighted by Crippen LogP contribution is 2.27. The first kappa shape index (κ1) is 20.9. The summed E-state index contributed by atoms with van der Waals surface area (Å²) in [5.74, 6) is -0.0587. The smallest absolute Gasteiger partial charge is 0.263 e. The monoisotopic (exact) mass is 361 g/mol. The summed E-state index contributed by atoms with van der Waals surface area (Å²) in [4.78, 5) is 17.5. The van der Waals surface area contributed by atoms with Crippen molar-refractivity contribution in [2.45, 2.75) is 19.9 Å². The van der Waals surface area contributed by atoms with Crippen molar-refractivity contribution >= 4 is 42.1 Å². The molecule has 1 aromatic carbocycles. The quantitative estimate of drug-likeness (QED) is 0.858. The zero-order valence-corrected chi connectivity index (χ0v) is 15.2. The number of aryl methyl sites for hydroxylation is 1. The van der Waals surface area contributed by atoms with Gasteiger partial charge < -0.3 is 10.6 Å². The number of aromatic nitrogens is 1. The maximum atomic E-state index is 12.3. The molecule has 7 heteroatoms. The Kier molecular flexibility index (Phi) is 9.28. The second kappa shape index (κ2) is 9.79. The number of nitrogens with zero attached hydrogens (tertiary/aromatic N) is 1. The Hall–Kier alpha value is -1.14. The van der Waals surface area contributed by atoms with Gasteiger partial charge >= 0.3 is 0 Å². The van der Waals surface area contributed by atoms with Gasteiger partial charge in [0.05, 0.1) is 10.7 Å². The molecule has 0 aliphatic heterocycles. The minimum atomic E-state index is -0.0587. The largest absolute Gasteiger partial charge is 0.350 e. The molecule has 2 N–H and O–H groups in total. The summed E-state index contributed by atoms with van der Waals surface area (Å²) in [6.45, 7) is 4.54. The molecular formula is C15H21Cl2N3OS. The van der Waals surface area contributed by atoms with Crippen LogP contribution in [0.15, 0.2) is 30.3 Å². The number of thiazole rings is 1. The highest BCUT2D eigenvalue weighted by molar-refractivity contribution is 7.14. The zero-order chi connectivity index (χ0) is 14.5. The van der Waals surface area contributed by atoms with Gasteiger partial charge in [-0.2, -0.15) is 0 Å². The number of amides is 1. The lowest BCUT2D eigenvalue weighted by Gasteiger charge is -2.11. The number of rotatable bonds is 5. The first-order valence-corrected chi connectivity index (χ1v) is 7.41. The van der Waals surface area contributed by atoms with E-state index in [2.05, 4.69) is 15.6 Å². The van der Waals surface area contributed by atoms with Gasteiger partial charge in [0.15, 0.2) is 0 Å². The summed E-state index contributed by atoms with van der Waals surface area (Å²) in [5, 5.41) is 6.94. The van der Waals surface area contributed by atoms with E-state index in [1.54, 1.807) is 0 Å². The molecule has 0 bridgehead atoms. The molecule has 0 aliphatic carbocycles. The topological polar surface area (TPSA) is 54.0 Å². The molecule has 4 nitrogen and oxygen atoms in total. The normalized spacial score (nSPS) is 11.0. The van der Waals surface area contributed by atoms with Crippen LogP contribution in [0.2, 0.25) is 0 Å². The molecule has 22 heavy (non-hydrogen) atoms. The number of hydrogen-bond acceptors (Lipinski definition) is 4. The van der Waals surface area contributed by atoms with E-state index in [1.807, 2.05) is 51.2 Å². The third-order valence-electron chi connectivity index (χ3n) is 3.05. The van der Waals surface area contributed by atoms with Crippen LogP contribution >= 0.6 is 36.2 Å². The molecule has 2 rings (SSSR count). The standard InChI is InChI=1S/C15H19N3OS.2ClH/c1-10(16-3)9-17-15(19)14-13(18-11(2)20-14)12-7-5-4-6-8-12;;/h4-8,10,16H,9H2,1-3H3,(H,17,19);2*1H. The predicted octanol–water partition coefficient (Wildman–Crippen LogP) is 3.30. The number of likely N-dealkylation sites (N-methyl/N-ethyl adjacent to an activating group) is 1. The maximum Gasteiger partial charge on any atom is 0.263 e. The second-order valence-corrected chi connectivity index (χ2v) is 5.88. The van der Waals surface area contributed by atoms with Crippen LogP contribution in [-0.2, 0) is 0 Å². The van der Waals surface area contributed by atoms with Crippen LogP contribution in [-0.4, -0.2) is 30.5 Å². The summed E-state index contributed by atoms with van der Waals surface area (Å²) < 4.78 is 0. The lowest BCUT2D eigenvalue weighted by molar-refractivity contribution is 0.0955. The number of carbonyl (C=O) groups excluding carboxylic acids is 1. The second-order valence-electron chi connectivity index (χ2n) is 4.68. The van der Waals surface area contributed by atoms with Crippen molar-refractivity contribution in [2.24, 2.45) is 0 Å². The van der Waals surface area contributed by atoms with Crippen molar-refractivity contribution in [3.63, 3.8) is 0 Å². The van der Waals surface area contributed by atoms with Crippen molar-refractivity contribution in [1.29, 1.82) is 0 Å². The molecule has 0 fully saturated rings. The highest BCUT2D eigenvalue weighted by Gasteiger charge is 2.18. The lowest BCUT2D eigenvalue weighted by Crippen LogP contribution is -2.37. The molecule has 2 aromatic rings. The fourth-order valence-corrected chi connectivity index (χ4v) is 2.66. The summed E-state index contributed by atoms with van der Waals surface area (Å²) in [6, 6.07) is 10.1. The van der Waals surface area contributed by atoms with Gasteiger partial charge in [0, 0.05) is 18.2 Å². The van der Waals surface area contributed by atoms with Crippen LogP contribution < -0.4 is 10.6 Å². The summed E-state index contributed by atoms with van der Waals surface area (Å²) in [7, 11) is 1.88. The predicted molar refractivity (Wildman–Crippen MR) is 97.6 cm³/mol. The average molecular weight is 362 g/mol. The SMILES string of the molecule is CNC(C)CNC(=O)c1sc(C)nc1-c1ccccc1.Cl.Cl.